The van der Waals surface area contributed by atoms with Gasteiger partial charge in [-0.1, -0.05) is 15.9 Å². The Morgan fingerprint density at radius 1 is 1.15 bits per heavy atom. The van der Waals surface area contributed by atoms with Crippen molar-refractivity contribution >= 4 is 21.7 Å². The van der Waals surface area contributed by atoms with Crippen LogP contribution in [0.15, 0.2) is 0 Å². The lowest BCUT2D eigenvalue weighted by molar-refractivity contribution is -0.176. The molecule has 0 N–H and O–H groups in total. The van der Waals surface area contributed by atoms with E-state index in [0.29, 0.717) is 0 Å². The van der Waals surface area contributed by atoms with Crippen molar-refractivity contribution in [2.75, 3.05) is 0 Å². The molecule has 0 aromatic rings. The van der Waals surface area contributed by atoms with Gasteiger partial charge in [0.2, 0.25) is 5.78 Å². The van der Waals surface area contributed by atoms with E-state index in [1.807, 2.05) is 15.9 Å². The summed E-state index contributed by atoms with van der Waals surface area (Å²) in [4.78, 5) is 7.91. The maximum atomic E-state index is 11.5. The van der Waals surface area contributed by atoms with Crippen LogP contribution in [-0.2, 0) is 4.79 Å². The van der Waals surface area contributed by atoms with Crippen LogP contribution in [0.25, 0.3) is 0 Å². The molecule has 0 aromatic heterocycles. The highest BCUT2D eigenvalue weighted by Crippen LogP contribution is 2.30. The van der Waals surface area contributed by atoms with E-state index in [-0.39, 0.29) is 0 Å². The van der Waals surface area contributed by atoms with Crippen LogP contribution < -0.4 is 0 Å². The molecule has 0 aromatic carbocycles. The van der Waals surface area contributed by atoms with Crippen molar-refractivity contribution in [3.63, 3.8) is 0 Å². The molecule has 8 heteroatoms. The number of carbonyl (C=O) groups is 1. The molecule has 0 amide bonds. The van der Waals surface area contributed by atoms with Crippen LogP contribution in [0.3, 0.4) is 0 Å². The molecule has 0 spiro atoms. The van der Waals surface area contributed by atoms with Crippen LogP contribution in [0.1, 0.15) is 6.42 Å². The van der Waals surface area contributed by atoms with Gasteiger partial charge in [-0.25, -0.2) is 0 Å². The molecule has 13 heavy (non-hydrogen) atoms. The Bertz CT molecular complexity index is 194. The Morgan fingerprint density at radius 3 is 1.77 bits per heavy atom. The van der Waals surface area contributed by atoms with Gasteiger partial charge >= 0.3 is 12.4 Å². The molecule has 1 nitrogen and oxygen atoms in total. The van der Waals surface area contributed by atoms with Crippen molar-refractivity contribution in [1.29, 1.82) is 0 Å². The molecule has 0 heterocycles. The summed E-state index contributed by atoms with van der Waals surface area (Å²) in [5.74, 6) is -2.43. The molecule has 0 aliphatic carbocycles. The highest BCUT2D eigenvalue weighted by Gasteiger charge is 2.46. The molecule has 0 fully saturated rings. The molecule has 1 atom stereocenters. The SMILES string of the molecule is O=C(C(Br)CC(F)(F)F)C(F)(F)F. The lowest BCUT2D eigenvalue weighted by atomic mass is 10.2. The summed E-state index contributed by atoms with van der Waals surface area (Å²) < 4.78 is 69.1. The molecule has 0 bridgehead atoms. The first-order valence-corrected chi connectivity index (χ1v) is 3.77. The number of carbonyl (C=O) groups excluding carboxylic acids is 1. The fourth-order valence-electron chi connectivity index (χ4n) is 0.473. The Balaban J connectivity index is 4.30. The van der Waals surface area contributed by atoms with Crippen molar-refractivity contribution in [1.82, 2.24) is 0 Å². The predicted molar refractivity (Wildman–Crippen MR) is 34.4 cm³/mol. The molecular weight excluding hydrogens is 270 g/mol. The quantitative estimate of drug-likeness (QED) is 0.558. The van der Waals surface area contributed by atoms with E-state index < -0.39 is 29.4 Å². The lowest BCUT2D eigenvalue weighted by Gasteiger charge is -2.12. The molecule has 0 rings (SSSR count). The smallest absolute Gasteiger partial charge is 0.288 e. The number of ketones is 1. The van der Waals surface area contributed by atoms with Crippen molar-refractivity contribution in [3.05, 3.63) is 0 Å². The fraction of sp³-hybridized carbons (Fsp3) is 0.800. The molecule has 0 saturated carbocycles. The Kier molecular flexibility index (Phi) is 3.77. The number of halogens is 7. The van der Waals surface area contributed by atoms with Gasteiger partial charge < -0.3 is 0 Å². The maximum absolute atomic E-state index is 11.5. The van der Waals surface area contributed by atoms with E-state index in [2.05, 4.69) is 0 Å². The standard InChI is InChI=1S/C5H3BrF6O/c6-2(1-4(7,8)9)3(13)5(10,11)12/h2H,1H2. The predicted octanol–water partition coefficient (Wildman–Crippen LogP) is 2.83. The van der Waals surface area contributed by atoms with E-state index in [9.17, 15) is 31.1 Å². The van der Waals surface area contributed by atoms with Crippen LogP contribution in [0.5, 0.6) is 0 Å². The molecular formula is C5H3BrF6O. The van der Waals surface area contributed by atoms with Crippen LogP contribution in [-0.4, -0.2) is 23.0 Å². The maximum Gasteiger partial charge on any atom is 0.451 e. The first-order valence-electron chi connectivity index (χ1n) is 2.86. The second-order valence-electron chi connectivity index (χ2n) is 2.15. The summed E-state index contributed by atoms with van der Waals surface area (Å²) in [6.45, 7) is 0. The van der Waals surface area contributed by atoms with Gasteiger partial charge in [-0.15, -0.1) is 0 Å². The van der Waals surface area contributed by atoms with E-state index >= 15 is 0 Å². The zero-order chi connectivity index (χ0) is 10.9. The van der Waals surface area contributed by atoms with Crippen LogP contribution in [0, 0.1) is 0 Å². The summed E-state index contributed by atoms with van der Waals surface area (Å²) in [7, 11) is 0. The number of Topliss-reactive ketones (excluding diaryl/α,β-unsaturated/α-hetero) is 1. The summed E-state index contributed by atoms with van der Waals surface area (Å²) in [5.41, 5.74) is 0. The van der Waals surface area contributed by atoms with Crippen LogP contribution in [0.2, 0.25) is 0 Å². The van der Waals surface area contributed by atoms with Crippen molar-refractivity contribution < 1.29 is 31.1 Å². The van der Waals surface area contributed by atoms with Crippen molar-refractivity contribution in [3.8, 4) is 0 Å². The summed E-state index contributed by atoms with van der Waals surface area (Å²) >= 11 is 2.03. The highest BCUT2D eigenvalue weighted by molar-refractivity contribution is 9.10. The van der Waals surface area contributed by atoms with Crippen LogP contribution >= 0.6 is 15.9 Å². The normalized spacial score (nSPS) is 15.6. The minimum atomic E-state index is -5.24. The molecule has 0 radical (unpaired) electrons. The third kappa shape index (κ3) is 5.12. The second-order valence-corrected chi connectivity index (χ2v) is 3.25. The molecule has 0 aliphatic rings. The average Bonchev–Trinajstić information content (AvgIpc) is 1.79. The van der Waals surface area contributed by atoms with Gasteiger partial charge in [-0.2, -0.15) is 26.3 Å². The van der Waals surface area contributed by atoms with Gasteiger partial charge in [0.15, 0.2) is 0 Å². The fourth-order valence-corrected chi connectivity index (χ4v) is 1.10. The van der Waals surface area contributed by atoms with Gasteiger partial charge in [0.1, 0.15) is 0 Å². The van der Waals surface area contributed by atoms with E-state index in [0.717, 1.165) is 0 Å². The van der Waals surface area contributed by atoms with Crippen LogP contribution in [0.4, 0.5) is 26.3 Å². The number of rotatable bonds is 2. The van der Waals surface area contributed by atoms with Gasteiger partial charge in [-0.3, -0.25) is 4.79 Å². The van der Waals surface area contributed by atoms with Gasteiger partial charge in [0.05, 0.1) is 11.2 Å². The second kappa shape index (κ2) is 3.85. The first-order chi connectivity index (χ1) is 5.54. The van der Waals surface area contributed by atoms with Gasteiger partial charge in [0, 0.05) is 0 Å². The first kappa shape index (κ1) is 12.7. The largest absolute Gasteiger partial charge is 0.451 e. The monoisotopic (exact) mass is 272 g/mol. The number of hydrogen-bond acceptors (Lipinski definition) is 1. The Labute approximate surface area is 77.2 Å². The third-order valence-corrected chi connectivity index (χ3v) is 1.71. The zero-order valence-corrected chi connectivity index (χ0v) is 7.42. The Morgan fingerprint density at radius 2 is 1.54 bits per heavy atom. The highest BCUT2D eigenvalue weighted by atomic mass is 79.9. The van der Waals surface area contributed by atoms with Crippen molar-refractivity contribution in [2.45, 2.75) is 23.6 Å². The number of hydrogen-bond donors (Lipinski definition) is 0. The van der Waals surface area contributed by atoms with Gasteiger partial charge in [-0.05, 0) is 0 Å². The molecule has 1 unspecified atom stereocenters. The summed E-state index contributed by atoms with van der Waals surface area (Å²) in [5, 5.41) is 0. The zero-order valence-electron chi connectivity index (χ0n) is 5.84. The third-order valence-electron chi connectivity index (χ3n) is 0.975. The summed E-state index contributed by atoms with van der Waals surface area (Å²) in [6.07, 6.45) is -11.9. The average molecular weight is 273 g/mol. The molecule has 78 valence electrons. The van der Waals surface area contributed by atoms with E-state index in [4.69, 9.17) is 0 Å². The van der Waals surface area contributed by atoms with E-state index in [1.165, 1.54) is 0 Å². The number of alkyl halides is 7. The minimum Gasteiger partial charge on any atom is -0.288 e. The van der Waals surface area contributed by atoms with E-state index in [1.54, 1.807) is 0 Å². The summed E-state index contributed by atoms with van der Waals surface area (Å²) in [6, 6.07) is 0. The minimum absolute atomic E-state index is 1.83. The topological polar surface area (TPSA) is 17.1 Å². The van der Waals surface area contributed by atoms with Crippen molar-refractivity contribution in [2.24, 2.45) is 0 Å². The molecule has 0 saturated heterocycles. The van der Waals surface area contributed by atoms with Gasteiger partial charge in [0.25, 0.3) is 0 Å². The molecule has 0 aliphatic heterocycles. The Hall–Kier alpha value is -0.270. The lowest BCUT2D eigenvalue weighted by Crippen LogP contribution is -2.33.